The van der Waals surface area contributed by atoms with E-state index in [1.54, 1.807) is 42.5 Å². The van der Waals surface area contributed by atoms with Crippen LogP contribution in [0.25, 0.3) is 0 Å². The number of carbonyl (C=O) groups excluding carboxylic acids is 2. The smallest absolute Gasteiger partial charge is 0.277 e. The van der Waals surface area contributed by atoms with Crippen molar-refractivity contribution in [2.24, 2.45) is 0 Å². The van der Waals surface area contributed by atoms with E-state index in [0.717, 1.165) is 11.0 Å². The van der Waals surface area contributed by atoms with Gasteiger partial charge in [-0.3, -0.25) is 14.5 Å². The molecule has 1 aliphatic heterocycles. The number of hydrogen-bond donors (Lipinski definition) is 2. The lowest BCUT2D eigenvalue weighted by Gasteiger charge is -2.15. The van der Waals surface area contributed by atoms with Crippen LogP contribution in [0.15, 0.2) is 71.3 Å². The first-order valence-electron chi connectivity index (χ1n) is 8.37. The second-order valence-electron chi connectivity index (χ2n) is 5.89. The summed E-state index contributed by atoms with van der Waals surface area (Å²) in [6, 6.07) is 14.6. The molecule has 2 aromatic carbocycles. The molecule has 2 amide bonds. The molecule has 1 heterocycles. The van der Waals surface area contributed by atoms with Crippen LogP contribution in [-0.2, 0) is 19.4 Å². The minimum atomic E-state index is -3.85. The van der Waals surface area contributed by atoms with Gasteiger partial charge < -0.3 is 15.2 Å². The van der Waals surface area contributed by atoms with Crippen molar-refractivity contribution in [3.8, 4) is 5.75 Å². The molecule has 0 fully saturated rings. The Hall–Kier alpha value is -3.17. The third-order valence-electron chi connectivity index (χ3n) is 3.95. The number of para-hydroxylation sites is 2. The number of ether oxygens (including phenoxy) is 1. The number of amides is 2. The predicted molar refractivity (Wildman–Crippen MR) is 101 cm³/mol. The van der Waals surface area contributed by atoms with Crippen LogP contribution in [-0.4, -0.2) is 49.3 Å². The summed E-state index contributed by atoms with van der Waals surface area (Å²) < 4.78 is 30.8. The highest BCUT2D eigenvalue weighted by Crippen LogP contribution is 2.26. The summed E-state index contributed by atoms with van der Waals surface area (Å²) in [4.78, 5) is 24.9. The summed E-state index contributed by atoms with van der Waals surface area (Å²) in [6.07, 6.45) is 1.07. The van der Waals surface area contributed by atoms with Gasteiger partial charge in [-0.25, -0.2) is 8.42 Å². The van der Waals surface area contributed by atoms with Crippen molar-refractivity contribution in [1.29, 1.82) is 0 Å². The highest BCUT2D eigenvalue weighted by molar-refractivity contribution is 7.91. The third-order valence-corrected chi connectivity index (χ3v) is 5.40. The Kier molecular flexibility index (Phi) is 5.76. The SMILES string of the molecule is O=C1C=C(Nc2ccccc2S(=O)(=O)COc2ccccc2)C(=O)N1CCO. The summed E-state index contributed by atoms with van der Waals surface area (Å²) in [5.41, 5.74) is 0.0856. The van der Waals surface area contributed by atoms with Gasteiger partial charge in [-0.15, -0.1) is 0 Å². The van der Waals surface area contributed by atoms with Gasteiger partial charge in [0.2, 0.25) is 9.84 Å². The molecule has 0 saturated heterocycles. The Bertz CT molecular complexity index is 1020. The normalized spacial score (nSPS) is 14.2. The number of sulfone groups is 1. The van der Waals surface area contributed by atoms with E-state index in [4.69, 9.17) is 9.84 Å². The third kappa shape index (κ3) is 4.21. The zero-order valence-electron chi connectivity index (χ0n) is 14.7. The highest BCUT2D eigenvalue weighted by Gasteiger charge is 2.31. The molecule has 3 rings (SSSR count). The van der Waals surface area contributed by atoms with E-state index in [2.05, 4.69) is 5.32 Å². The number of imide groups is 1. The summed E-state index contributed by atoms with van der Waals surface area (Å²) in [5, 5.41) is 11.7. The number of benzene rings is 2. The van der Waals surface area contributed by atoms with Crippen LogP contribution >= 0.6 is 0 Å². The molecular weight excluding hydrogens is 384 g/mol. The van der Waals surface area contributed by atoms with Gasteiger partial charge in [-0.2, -0.15) is 0 Å². The minimum Gasteiger partial charge on any atom is -0.477 e. The van der Waals surface area contributed by atoms with Crippen molar-refractivity contribution in [1.82, 2.24) is 4.90 Å². The van der Waals surface area contributed by atoms with Gasteiger partial charge >= 0.3 is 0 Å². The van der Waals surface area contributed by atoms with Gasteiger partial charge in [0.15, 0.2) is 5.94 Å². The number of nitrogens with one attached hydrogen (secondary N) is 1. The molecule has 0 unspecified atom stereocenters. The lowest BCUT2D eigenvalue weighted by molar-refractivity contribution is -0.137. The maximum atomic E-state index is 12.7. The molecule has 0 bridgehead atoms. The van der Waals surface area contributed by atoms with Crippen LogP contribution in [0.1, 0.15) is 0 Å². The molecule has 0 radical (unpaired) electrons. The monoisotopic (exact) mass is 402 g/mol. The van der Waals surface area contributed by atoms with Gasteiger partial charge in [0.25, 0.3) is 11.8 Å². The number of aliphatic hydroxyl groups is 1. The van der Waals surface area contributed by atoms with Gasteiger partial charge in [-0.1, -0.05) is 30.3 Å². The molecule has 146 valence electrons. The number of aliphatic hydroxyl groups excluding tert-OH is 1. The maximum absolute atomic E-state index is 12.7. The van der Waals surface area contributed by atoms with Crippen LogP contribution in [0, 0.1) is 0 Å². The topological polar surface area (TPSA) is 113 Å². The average molecular weight is 402 g/mol. The second-order valence-corrected chi connectivity index (χ2v) is 7.79. The van der Waals surface area contributed by atoms with Crippen molar-refractivity contribution in [2.45, 2.75) is 4.90 Å². The zero-order valence-corrected chi connectivity index (χ0v) is 15.6. The van der Waals surface area contributed by atoms with Crippen molar-refractivity contribution in [2.75, 3.05) is 24.4 Å². The fraction of sp³-hybridized carbons (Fsp3) is 0.158. The number of carbonyl (C=O) groups is 2. The lowest BCUT2D eigenvalue weighted by atomic mass is 10.3. The van der Waals surface area contributed by atoms with Gasteiger partial charge in [-0.05, 0) is 24.3 Å². The molecular formula is C19H18N2O6S. The van der Waals surface area contributed by atoms with E-state index in [1.165, 1.54) is 12.1 Å². The van der Waals surface area contributed by atoms with Crippen molar-refractivity contribution >= 4 is 27.3 Å². The maximum Gasteiger partial charge on any atom is 0.277 e. The van der Waals surface area contributed by atoms with E-state index in [1.807, 2.05) is 0 Å². The van der Waals surface area contributed by atoms with E-state index >= 15 is 0 Å². The standard InChI is InChI=1S/C19H18N2O6S/c22-11-10-21-18(23)12-16(19(21)24)20-15-8-4-5-9-17(15)28(25,26)13-27-14-6-2-1-3-7-14/h1-9,12,20,22H,10-11,13H2. The number of hydrogen-bond acceptors (Lipinski definition) is 7. The largest absolute Gasteiger partial charge is 0.477 e. The quantitative estimate of drug-likeness (QED) is 0.637. The molecule has 28 heavy (non-hydrogen) atoms. The van der Waals surface area contributed by atoms with Crippen LogP contribution < -0.4 is 10.1 Å². The molecule has 0 aromatic heterocycles. The minimum absolute atomic E-state index is 0.0623. The number of rotatable bonds is 8. The van der Waals surface area contributed by atoms with Crippen LogP contribution in [0.4, 0.5) is 5.69 Å². The predicted octanol–water partition coefficient (Wildman–Crippen LogP) is 1.15. The zero-order chi connectivity index (χ0) is 20.1. The molecule has 2 N–H and O–H groups in total. The fourth-order valence-corrected chi connectivity index (χ4v) is 3.78. The number of anilines is 1. The second kappa shape index (κ2) is 8.24. The van der Waals surface area contributed by atoms with Gasteiger partial charge in [0.05, 0.1) is 23.7 Å². The summed E-state index contributed by atoms with van der Waals surface area (Å²) in [7, 11) is -3.85. The Labute approximate surface area is 162 Å². The van der Waals surface area contributed by atoms with Gasteiger partial charge in [0.1, 0.15) is 11.4 Å². The molecule has 0 saturated carbocycles. The Morgan fingerprint density at radius 3 is 2.39 bits per heavy atom. The van der Waals surface area contributed by atoms with Crippen molar-refractivity contribution in [3.05, 3.63) is 66.4 Å². The number of β-amino-alcohol motifs (C(OH)–C–C–N with tert-alkyl or cyclic N) is 1. The van der Waals surface area contributed by atoms with Crippen LogP contribution in [0.2, 0.25) is 0 Å². The van der Waals surface area contributed by atoms with Crippen molar-refractivity contribution < 1.29 is 27.9 Å². The molecule has 0 atom stereocenters. The molecule has 2 aromatic rings. The molecule has 9 heteroatoms. The van der Waals surface area contributed by atoms with Crippen LogP contribution in [0.5, 0.6) is 5.75 Å². The van der Waals surface area contributed by atoms with Crippen LogP contribution in [0.3, 0.4) is 0 Å². The van der Waals surface area contributed by atoms with E-state index < -0.39 is 27.6 Å². The molecule has 0 spiro atoms. The first-order chi connectivity index (χ1) is 13.4. The van der Waals surface area contributed by atoms with E-state index in [9.17, 15) is 18.0 Å². The molecule has 0 aliphatic carbocycles. The first kappa shape index (κ1) is 19.6. The summed E-state index contributed by atoms with van der Waals surface area (Å²) in [6.45, 7) is -0.495. The Morgan fingerprint density at radius 1 is 1.00 bits per heavy atom. The first-order valence-corrected chi connectivity index (χ1v) is 10.0. The molecule has 1 aliphatic rings. The highest BCUT2D eigenvalue weighted by atomic mass is 32.2. The van der Waals surface area contributed by atoms with Gasteiger partial charge in [0, 0.05) is 6.08 Å². The average Bonchev–Trinajstić information content (AvgIpc) is 2.95. The van der Waals surface area contributed by atoms with E-state index in [0.29, 0.717) is 5.75 Å². The fourth-order valence-electron chi connectivity index (χ4n) is 2.62. The lowest BCUT2D eigenvalue weighted by Crippen LogP contribution is -2.34. The van der Waals surface area contributed by atoms with E-state index in [-0.39, 0.29) is 29.4 Å². The summed E-state index contributed by atoms with van der Waals surface area (Å²) >= 11 is 0. The van der Waals surface area contributed by atoms with Crippen molar-refractivity contribution in [3.63, 3.8) is 0 Å². The summed E-state index contributed by atoms with van der Waals surface area (Å²) in [5.74, 6) is -1.38. The number of nitrogens with zero attached hydrogens (tertiary/aromatic N) is 1. The Balaban J connectivity index is 1.80. The molecule has 8 nitrogen and oxygen atoms in total. The Morgan fingerprint density at radius 2 is 1.68 bits per heavy atom.